The minimum atomic E-state index is 0.410. The maximum Gasteiger partial charge on any atom is 0.133 e. The quantitative estimate of drug-likeness (QED) is 0.461. The lowest BCUT2D eigenvalue weighted by Gasteiger charge is -2.04. The van der Waals surface area contributed by atoms with E-state index in [4.69, 9.17) is 0 Å². The van der Waals surface area contributed by atoms with Crippen LogP contribution in [-0.4, -0.2) is 31.6 Å². The van der Waals surface area contributed by atoms with E-state index in [1.807, 2.05) is 6.08 Å². The molecule has 0 aromatic rings. The van der Waals surface area contributed by atoms with Crippen molar-refractivity contribution in [3.63, 3.8) is 0 Å². The maximum absolute atomic E-state index is 9.93. The maximum atomic E-state index is 9.93. The molecule has 1 aliphatic heterocycles. The number of nitrogens with one attached hydrogen (secondary N) is 1. The Bertz CT molecular complexity index is 185. The normalized spacial score (nSPS) is 16.2. The van der Waals surface area contributed by atoms with Gasteiger partial charge in [0, 0.05) is 18.8 Å². The molecule has 0 aromatic heterocycles. The first-order valence-corrected chi connectivity index (χ1v) is 3.77. The van der Waals surface area contributed by atoms with Crippen molar-refractivity contribution in [2.45, 2.75) is 6.42 Å². The van der Waals surface area contributed by atoms with Crippen molar-refractivity contribution in [1.82, 2.24) is 5.32 Å². The summed E-state index contributed by atoms with van der Waals surface area (Å²) in [7, 11) is 0. The monoisotopic (exact) mass is 152 g/mol. The third kappa shape index (κ3) is 3.09. The van der Waals surface area contributed by atoms with E-state index in [0.717, 1.165) is 25.0 Å². The molecule has 0 unspecified atom stereocenters. The van der Waals surface area contributed by atoms with Gasteiger partial charge in [-0.2, -0.15) is 0 Å². The molecule has 1 heterocycles. The van der Waals surface area contributed by atoms with Gasteiger partial charge in [-0.25, -0.2) is 0 Å². The Kier molecular flexibility index (Phi) is 3.55. The first-order chi connectivity index (χ1) is 5.43. The molecule has 0 aromatic carbocycles. The Morgan fingerprint density at radius 3 is 3.27 bits per heavy atom. The Balaban J connectivity index is 2.20. The summed E-state index contributed by atoms with van der Waals surface area (Å²) in [5.74, 6) is 0. The molecular weight excluding hydrogens is 140 g/mol. The lowest BCUT2D eigenvalue weighted by Crippen LogP contribution is -2.24. The highest BCUT2D eigenvalue weighted by Gasteiger charge is 1.96. The molecule has 60 valence electrons. The Morgan fingerprint density at radius 1 is 1.73 bits per heavy atom. The second-order valence-electron chi connectivity index (χ2n) is 2.36. The highest BCUT2D eigenvalue weighted by Crippen LogP contribution is 1.94. The van der Waals surface area contributed by atoms with Crippen LogP contribution in [0.5, 0.6) is 0 Å². The van der Waals surface area contributed by atoms with Crippen LogP contribution in [0.2, 0.25) is 0 Å². The van der Waals surface area contributed by atoms with E-state index in [9.17, 15) is 4.79 Å². The fraction of sp³-hybridized carbons (Fsp3) is 0.500. The third-order valence-electron chi connectivity index (χ3n) is 1.45. The summed E-state index contributed by atoms with van der Waals surface area (Å²) in [5.41, 5.74) is 1.04. The Labute approximate surface area is 66.2 Å². The fourth-order valence-corrected chi connectivity index (χ4v) is 0.929. The van der Waals surface area contributed by atoms with Gasteiger partial charge in [0.15, 0.2) is 0 Å². The lowest BCUT2D eigenvalue weighted by atomic mass is 10.2. The van der Waals surface area contributed by atoms with E-state index < -0.39 is 0 Å². The molecule has 1 rings (SSSR count). The average Bonchev–Trinajstić information content (AvgIpc) is 2.07. The number of carbonyl (C=O) groups excluding carboxylic acids is 1. The number of hydrogen-bond acceptors (Lipinski definition) is 3. The minimum absolute atomic E-state index is 0.410. The highest BCUT2D eigenvalue weighted by molar-refractivity contribution is 5.97. The van der Waals surface area contributed by atoms with E-state index in [1.54, 1.807) is 0 Å². The lowest BCUT2D eigenvalue weighted by molar-refractivity contribution is -0.107. The number of aliphatic imine (C=N–C) groups is 1. The molecule has 1 N–H and O–H groups in total. The number of nitrogens with zero attached hydrogens (tertiary/aromatic N) is 1. The molecule has 1 aliphatic rings. The van der Waals surface area contributed by atoms with Crippen molar-refractivity contribution in [2.75, 3.05) is 19.6 Å². The minimum Gasteiger partial charge on any atom is -0.305 e. The topological polar surface area (TPSA) is 41.5 Å². The molecule has 0 radical (unpaired) electrons. The second-order valence-corrected chi connectivity index (χ2v) is 2.36. The molecule has 0 saturated heterocycles. The number of rotatable bonds is 4. The van der Waals surface area contributed by atoms with Gasteiger partial charge in [0.25, 0.3) is 0 Å². The zero-order valence-electron chi connectivity index (χ0n) is 6.42. The summed E-state index contributed by atoms with van der Waals surface area (Å²) in [6.45, 7) is 2.00. The van der Waals surface area contributed by atoms with Crippen LogP contribution in [0.15, 0.2) is 17.1 Å². The van der Waals surface area contributed by atoms with Gasteiger partial charge in [0.1, 0.15) is 6.29 Å². The van der Waals surface area contributed by atoms with E-state index in [-0.39, 0.29) is 0 Å². The van der Waals surface area contributed by atoms with Crippen LogP contribution >= 0.6 is 0 Å². The molecule has 0 amide bonds. The van der Waals surface area contributed by atoms with Crippen molar-refractivity contribution in [3.8, 4) is 0 Å². The van der Waals surface area contributed by atoms with Gasteiger partial charge in [-0.15, -0.1) is 0 Å². The van der Waals surface area contributed by atoms with Crippen LogP contribution in [0, 0.1) is 0 Å². The van der Waals surface area contributed by atoms with Crippen LogP contribution < -0.4 is 5.32 Å². The van der Waals surface area contributed by atoms with Crippen molar-refractivity contribution in [3.05, 3.63) is 12.2 Å². The van der Waals surface area contributed by atoms with Crippen LogP contribution in [0.4, 0.5) is 0 Å². The van der Waals surface area contributed by atoms with Crippen LogP contribution in [-0.2, 0) is 4.79 Å². The van der Waals surface area contributed by atoms with Crippen LogP contribution in [0.3, 0.4) is 0 Å². The molecule has 0 bridgehead atoms. The van der Waals surface area contributed by atoms with Crippen LogP contribution in [0.25, 0.3) is 0 Å². The summed E-state index contributed by atoms with van der Waals surface area (Å²) in [6, 6.07) is 0. The molecule has 3 nitrogen and oxygen atoms in total. The zero-order chi connectivity index (χ0) is 7.94. The van der Waals surface area contributed by atoms with Gasteiger partial charge in [0.2, 0.25) is 0 Å². The summed E-state index contributed by atoms with van der Waals surface area (Å²) in [6.07, 6.45) is 6.00. The number of carbonyl (C=O) groups is 1. The van der Waals surface area contributed by atoms with Crippen molar-refractivity contribution in [1.29, 1.82) is 0 Å². The third-order valence-corrected chi connectivity index (χ3v) is 1.45. The number of hydrogen-bond donors (Lipinski definition) is 1. The highest BCUT2D eigenvalue weighted by atomic mass is 16.1. The molecular formula is C8H12N2O. The van der Waals surface area contributed by atoms with E-state index in [1.165, 1.54) is 0 Å². The largest absolute Gasteiger partial charge is 0.305 e. The molecule has 0 fully saturated rings. The summed E-state index contributed by atoms with van der Waals surface area (Å²) in [4.78, 5) is 14.2. The van der Waals surface area contributed by atoms with E-state index in [0.29, 0.717) is 13.1 Å². The molecule has 3 heteroatoms. The van der Waals surface area contributed by atoms with Crippen LogP contribution in [0.1, 0.15) is 6.42 Å². The standard InChI is InChI=1S/C8H12N2O/c11-6-5-9-7-8-3-1-2-4-10-8/h1,3,6,9H,2,4-5,7H2. The second kappa shape index (κ2) is 4.79. The van der Waals surface area contributed by atoms with Gasteiger partial charge >= 0.3 is 0 Å². The predicted octanol–water partition coefficient (Wildman–Crippen LogP) is 0.176. The molecule has 0 aliphatic carbocycles. The van der Waals surface area contributed by atoms with Crippen molar-refractivity contribution in [2.24, 2.45) is 4.99 Å². The average molecular weight is 152 g/mol. The predicted molar refractivity (Wildman–Crippen MR) is 45.0 cm³/mol. The summed E-state index contributed by atoms with van der Waals surface area (Å²) in [5, 5.41) is 2.95. The molecule has 0 spiro atoms. The molecule has 0 saturated carbocycles. The first kappa shape index (κ1) is 8.14. The van der Waals surface area contributed by atoms with Gasteiger partial charge in [-0.1, -0.05) is 6.08 Å². The summed E-state index contributed by atoms with van der Waals surface area (Å²) < 4.78 is 0. The first-order valence-electron chi connectivity index (χ1n) is 3.77. The molecule has 0 atom stereocenters. The van der Waals surface area contributed by atoms with Gasteiger partial charge in [0.05, 0.1) is 6.54 Å². The Hall–Kier alpha value is -0.960. The van der Waals surface area contributed by atoms with Gasteiger partial charge in [-0.05, 0) is 12.5 Å². The van der Waals surface area contributed by atoms with E-state index in [2.05, 4.69) is 16.4 Å². The SMILES string of the molecule is O=CCNCC1=NCCC=C1. The number of aldehydes is 1. The smallest absolute Gasteiger partial charge is 0.133 e. The van der Waals surface area contributed by atoms with E-state index >= 15 is 0 Å². The zero-order valence-corrected chi connectivity index (χ0v) is 6.42. The van der Waals surface area contributed by atoms with Gasteiger partial charge < -0.3 is 10.1 Å². The fourth-order valence-electron chi connectivity index (χ4n) is 0.929. The van der Waals surface area contributed by atoms with Crippen molar-refractivity contribution >= 4 is 12.0 Å². The van der Waals surface area contributed by atoms with Crippen molar-refractivity contribution < 1.29 is 4.79 Å². The molecule has 11 heavy (non-hydrogen) atoms. The van der Waals surface area contributed by atoms with Gasteiger partial charge in [-0.3, -0.25) is 4.99 Å². The Morgan fingerprint density at radius 2 is 2.64 bits per heavy atom. The number of dihydropyridines is 1. The summed E-state index contributed by atoms with van der Waals surface area (Å²) >= 11 is 0.